The Bertz CT molecular complexity index is 1430. The number of hydrogen-bond acceptors (Lipinski definition) is 3. The number of esters is 1. The van der Waals surface area contributed by atoms with Crippen LogP contribution in [-0.4, -0.2) is 18.9 Å². The summed E-state index contributed by atoms with van der Waals surface area (Å²) in [5, 5.41) is 0. The van der Waals surface area contributed by atoms with Gasteiger partial charge in [-0.1, -0.05) is 135 Å². The summed E-state index contributed by atoms with van der Waals surface area (Å²) in [6, 6.07) is 14.0. The van der Waals surface area contributed by atoms with Crippen molar-refractivity contribution in [2.45, 2.75) is 177 Å². The molecule has 0 radical (unpaired) electrons. The van der Waals surface area contributed by atoms with E-state index in [4.69, 9.17) is 4.74 Å². The molecule has 6 rings (SSSR count). The van der Waals surface area contributed by atoms with E-state index in [2.05, 4.69) is 106 Å². The summed E-state index contributed by atoms with van der Waals surface area (Å²) in [6.45, 7) is 25.6. The first-order valence-corrected chi connectivity index (χ1v) is 16.8. The molecule has 0 bridgehead atoms. The molecular formula is C44H72O3. The molecule has 0 aromatic heterocycles. The van der Waals surface area contributed by atoms with Crippen LogP contribution < -0.4 is 0 Å². The second kappa shape index (κ2) is 13.8. The second-order valence-electron chi connectivity index (χ2n) is 17.3. The van der Waals surface area contributed by atoms with Crippen molar-refractivity contribution in [2.24, 2.45) is 11.8 Å². The molecule has 2 aromatic carbocycles. The number of carbonyl (C=O) groups excluding carboxylic acids is 2. The van der Waals surface area contributed by atoms with Crippen molar-refractivity contribution in [3.63, 3.8) is 0 Å². The van der Waals surface area contributed by atoms with Gasteiger partial charge in [0.15, 0.2) is 0 Å². The van der Waals surface area contributed by atoms with Gasteiger partial charge in [0.05, 0.1) is 12.5 Å². The lowest BCUT2D eigenvalue weighted by molar-refractivity contribution is -0.145. The number of benzene rings is 2. The van der Waals surface area contributed by atoms with Crippen LogP contribution in [-0.2, 0) is 46.8 Å². The van der Waals surface area contributed by atoms with Gasteiger partial charge in [0.25, 0.3) is 0 Å². The fourth-order valence-corrected chi connectivity index (χ4v) is 8.09. The zero-order valence-electron chi connectivity index (χ0n) is 28.9. The van der Waals surface area contributed by atoms with E-state index in [1.54, 1.807) is 0 Å². The highest BCUT2D eigenvalue weighted by molar-refractivity contribution is 5.79. The van der Waals surface area contributed by atoms with Crippen LogP contribution in [0.4, 0.5) is 0 Å². The van der Waals surface area contributed by atoms with Crippen molar-refractivity contribution in [3.05, 3.63) is 69.8 Å². The van der Waals surface area contributed by atoms with E-state index in [0.717, 1.165) is 19.1 Å². The third kappa shape index (κ3) is 7.45. The predicted octanol–water partition coefficient (Wildman–Crippen LogP) is 11.9. The maximum absolute atomic E-state index is 12.1. The smallest absolute Gasteiger partial charge is 0.309 e. The van der Waals surface area contributed by atoms with Gasteiger partial charge in [-0.15, -0.1) is 0 Å². The Morgan fingerprint density at radius 1 is 0.638 bits per heavy atom. The van der Waals surface area contributed by atoms with Gasteiger partial charge in [0, 0.05) is 16.7 Å². The highest BCUT2D eigenvalue weighted by Gasteiger charge is 2.57. The molecule has 4 atom stereocenters. The molecule has 0 saturated heterocycles. The van der Waals surface area contributed by atoms with Crippen LogP contribution in [0.15, 0.2) is 36.4 Å². The maximum atomic E-state index is 12.1. The lowest BCUT2D eigenvalue weighted by atomic mass is 9.62. The molecule has 4 aliphatic carbocycles. The van der Waals surface area contributed by atoms with E-state index in [-0.39, 0.29) is 80.0 Å². The van der Waals surface area contributed by atoms with Crippen molar-refractivity contribution >= 4 is 12.3 Å². The van der Waals surface area contributed by atoms with Gasteiger partial charge < -0.3 is 9.53 Å². The Balaban J connectivity index is 0.000000436. The Kier molecular flexibility index (Phi) is 12.5. The van der Waals surface area contributed by atoms with E-state index in [1.165, 1.54) is 59.1 Å². The van der Waals surface area contributed by atoms with Crippen molar-refractivity contribution in [1.29, 1.82) is 0 Å². The Morgan fingerprint density at radius 3 is 1.38 bits per heavy atom. The zero-order chi connectivity index (χ0) is 31.8. The second-order valence-corrected chi connectivity index (χ2v) is 17.3. The van der Waals surface area contributed by atoms with Crippen LogP contribution in [0.1, 0.15) is 178 Å². The van der Waals surface area contributed by atoms with Crippen LogP contribution in [0.5, 0.6) is 0 Å². The van der Waals surface area contributed by atoms with Gasteiger partial charge >= 0.3 is 5.97 Å². The number of hydrogen-bond donors (Lipinski definition) is 0. The minimum absolute atomic E-state index is 0. The molecule has 2 saturated carbocycles. The maximum Gasteiger partial charge on any atom is 0.309 e. The summed E-state index contributed by atoms with van der Waals surface area (Å²) in [5.41, 5.74) is 9.66. The highest BCUT2D eigenvalue weighted by atomic mass is 16.5. The summed E-state index contributed by atoms with van der Waals surface area (Å²) in [7, 11) is 0. The number of aldehydes is 1. The van der Waals surface area contributed by atoms with E-state index >= 15 is 0 Å². The van der Waals surface area contributed by atoms with Crippen LogP contribution in [0.25, 0.3) is 0 Å². The molecule has 0 spiro atoms. The quantitative estimate of drug-likeness (QED) is 0.239. The van der Waals surface area contributed by atoms with E-state index < -0.39 is 0 Å². The summed E-state index contributed by atoms with van der Waals surface area (Å²) >= 11 is 0. The highest BCUT2D eigenvalue weighted by Crippen LogP contribution is 2.57. The minimum atomic E-state index is -0.0427. The summed E-state index contributed by atoms with van der Waals surface area (Å²) < 4.78 is 5.23. The minimum Gasteiger partial charge on any atom is -0.466 e. The van der Waals surface area contributed by atoms with Crippen molar-refractivity contribution in [1.82, 2.24) is 0 Å². The van der Waals surface area contributed by atoms with Crippen LogP contribution >= 0.6 is 0 Å². The molecule has 3 heteroatoms. The van der Waals surface area contributed by atoms with Gasteiger partial charge in [-0.05, 0) is 100 Å². The molecule has 0 N–H and O–H groups in total. The first kappa shape index (κ1) is 42.6. The Morgan fingerprint density at radius 2 is 1.02 bits per heavy atom. The zero-order valence-corrected chi connectivity index (χ0v) is 28.9. The van der Waals surface area contributed by atoms with E-state index in [0.29, 0.717) is 6.61 Å². The molecule has 0 amide bonds. The normalized spacial score (nSPS) is 29.1. The molecule has 47 heavy (non-hydrogen) atoms. The van der Waals surface area contributed by atoms with Gasteiger partial charge in [0.1, 0.15) is 6.29 Å². The van der Waals surface area contributed by atoms with Gasteiger partial charge in [-0.3, -0.25) is 4.79 Å². The molecule has 2 aromatic rings. The van der Waals surface area contributed by atoms with Crippen LogP contribution in [0.2, 0.25) is 0 Å². The molecule has 0 aliphatic heterocycles. The Labute approximate surface area is 291 Å². The molecule has 0 heterocycles. The summed E-state index contributed by atoms with van der Waals surface area (Å²) in [6.07, 6.45) is 8.00. The van der Waals surface area contributed by atoms with E-state index in [9.17, 15) is 9.59 Å². The molecule has 3 nitrogen and oxygen atoms in total. The van der Waals surface area contributed by atoms with E-state index in [1.807, 2.05) is 6.92 Å². The fraction of sp³-hybridized carbons (Fsp3) is 0.682. The number of ether oxygens (including phenoxy) is 1. The number of fused-ring (bicyclic) bond motifs is 2. The van der Waals surface area contributed by atoms with Crippen molar-refractivity contribution < 1.29 is 14.3 Å². The first-order chi connectivity index (χ1) is 19.8. The van der Waals surface area contributed by atoms with Gasteiger partial charge in [0.2, 0.25) is 0 Å². The largest absolute Gasteiger partial charge is 0.466 e. The average molecular weight is 649 g/mol. The Hall–Kier alpha value is -2.42. The standard InChI is InChI=1S/C21H30O2.C19H26O.4CH4/c1-7-23-18(22)17-13-21(17,6)14-8-9-15-16(12-14)20(4,5)11-10-19(15,2)3;1-17(2)8-9-18(3,4)16-10-13(6-7-15(16)17)19(5)11-14(19)12-20;;;;/h8-9,12,17H,7,10-11,13H2,1-6H3;6-7,10,12,14H,8-9,11H2,1-5H3;4*1H4. The van der Waals surface area contributed by atoms with Crippen LogP contribution in [0.3, 0.4) is 0 Å². The van der Waals surface area contributed by atoms with Crippen molar-refractivity contribution in [2.75, 3.05) is 6.61 Å². The fourth-order valence-electron chi connectivity index (χ4n) is 8.09. The third-order valence-corrected chi connectivity index (χ3v) is 12.3. The van der Waals surface area contributed by atoms with Crippen molar-refractivity contribution in [3.8, 4) is 0 Å². The third-order valence-electron chi connectivity index (χ3n) is 12.3. The van der Waals surface area contributed by atoms with Gasteiger partial charge in [-0.25, -0.2) is 0 Å². The molecular weight excluding hydrogens is 576 g/mol. The molecule has 2 fully saturated rings. The monoisotopic (exact) mass is 649 g/mol. The number of carbonyl (C=O) groups is 2. The lowest BCUT2D eigenvalue weighted by Gasteiger charge is -2.42. The first-order valence-electron chi connectivity index (χ1n) is 16.8. The summed E-state index contributed by atoms with van der Waals surface area (Å²) in [5.74, 6) is 0.216. The van der Waals surface area contributed by atoms with Gasteiger partial charge in [-0.2, -0.15) is 0 Å². The number of rotatable bonds is 5. The predicted molar refractivity (Wildman–Crippen MR) is 204 cm³/mol. The topological polar surface area (TPSA) is 43.4 Å². The SMILES string of the molecule is C.C.C.C.CC1(C)CCC(C)(C)c2cc(C3(C)CC3C=O)ccc21.CCOC(=O)C1CC1(C)c1ccc2c(c1)C(C)(C)CCC2(C)C. The summed E-state index contributed by atoms with van der Waals surface area (Å²) in [4.78, 5) is 23.2. The lowest BCUT2D eigenvalue weighted by Crippen LogP contribution is -2.34. The molecule has 4 aliphatic rings. The molecule has 266 valence electrons. The average Bonchev–Trinajstić information content (AvgIpc) is 3.84. The molecule has 4 unspecified atom stereocenters. The van der Waals surface area contributed by atoms with Crippen LogP contribution in [0, 0.1) is 11.8 Å².